The lowest BCUT2D eigenvalue weighted by Crippen LogP contribution is -2.16. The first kappa shape index (κ1) is 18.8. The average molecular weight is 421 g/mol. The molecular weight excluding hydrogens is 404 g/mol. The number of sulfone groups is 1. The Kier molecular flexibility index (Phi) is 5.23. The molecule has 3 aromatic rings. The molecule has 0 fully saturated rings. The molecule has 1 aliphatic heterocycles. The molecule has 0 aliphatic carbocycles. The van der Waals surface area contributed by atoms with E-state index in [0.29, 0.717) is 47.5 Å². The Morgan fingerprint density at radius 2 is 1.79 bits per heavy atom. The molecule has 1 aliphatic rings. The standard InChI is InChI=1S/C19H17ClN2O5S/c20-15-8-14(9-16-19(15)26-7-6-25-16)11-28(23,24)12-18-21-17(22-27-18)10-13-4-2-1-3-5-13/h1-5,8-9H,6-7,10-12H2. The largest absolute Gasteiger partial charge is 0.486 e. The van der Waals surface area contributed by atoms with Gasteiger partial charge >= 0.3 is 0 Å². The summed E-state index contributed by atoms with van der Waals surface area (Å²) in [5, 5.41) is 4.19. The van der Waals surface area contributed by atoms with Gasteiger partial charge in [-0.05, 0) is 23.3 Å². The summed E-state index contributed by atoms with van der Waals surface area (Å²) in [5.41, 5.74) is 1.53. The van der Waals surface area contributed by atoms with Crippen LogP contribution in [0.15, 0.2) is 47.0 Å². The molecule has 9 heteroatoms. The summed E-state index contributed by atoms with van der Waals surface area (Å²) in [6.07, 6.45) is 0.474. The summed E-state index contributed by atoms with van der Waals surface area (Å²) >= 11 is 6.18. The molecule has 0 unspecified atom stereocenters. The SMILES string of the molecule is O=S(=O)(Cc1cc(Cl)c2c(c1)OCCO2)Cc1nc(Cc2ccccc2)no1. The van der Waals surface area contributed by atoms with E-state index in [9.17, 15) is 8.42 Å². The zero-order chi connectivity index (χ0) is 19.6. The van der Waals surface area contributed by atoms with Crippen molar-refractivity contribution < 1.29 is 22.4 Å². The van der Waals surface area contributed by atoms with Gasteiger partial charge in [-0.15, -0.1) is 0 Å². The van der Waals surface area contributed by atoms with E-state index in [-0.39, 0.29) is 17.4 Å². The third-order valence-corrected chi connectivity index (χ3v) is 5.84. The van der Waals surface area contributed by atoms with Gasteiger partial charge in [0.1, 0.15) is 19.0 Å². The van der Waals surface area contributed by atoms with Gasteiger partial charge < -0.3 is 14.0 Å². The fraction of sp³-hybridized carbons (Fsp3) is 0.263. The maximum Gasteiger partial charge on any atom is 0.241 e. The highest BCUT2D eigenvalue weighted by Crippen LogP contribution is 2.38. The zero-order valence-electron chi connectivity index (χ0n) is 14.8. The Labute approximate surface area is 167 Å². The Hall–Kier alpha value is -2.58. The van der Waals surface area contributed by atoms with E-state index < -0.39 is 9.84 Å². The molecule has 0 atom stereocenters. The second-order valence-electron chi connectivity index (χ2n) is 6.40. The molecule has 0 saturated heterocycles. The average Bonchev–Trinajstić information content (AvgIpc) is 3.08. The van der Waals surface area contributed by atoms with Crippen molar-refractivity contribution in [2.24, 2.45) is 0 Å². The van der Waals surface area contributed by atoms with E-state index in [2.05, 4.69) is 10.1 Å². The van der Waals surface area contributed by atoms with Gasteiger partial charge in [0.2, 0.25) is 5.89 Å². The summed E-state index contributed by atoms with van der Waals surface area (Å²) in [6, 6.07) is 12.8. The highest BCUT2D eigenvalue weighted by Gasteiger charge is 2.22. The molecule has 28 heavy (non-hydrogen) atoms. The maximum absolute atomic E-state index is 12.6. The van der Waals surface area contributed by atoms with Gasteiger partial charge in [0.25, 0.3) is 0 Å². The van der Waals surface area contributed by atoms with Crippen LogP contribution in [0.1, 0.15) is 22.8 Å². The molecule has 2 aromatic carbocycles. The lowest BCUT2D eigenvalue weighted by Gasteiger charge is -2.20. The van der Waals surface area contributed by atoms with Crippen molar-refractivity contribution in [2.45, 2.75) is 17.9 Å². The van der Waals surface area contributed by atoms with Crippen LogP contribution >= 0.6 is 11.6 Å². The molecule has 1 aromatic heterocycles. The Balaban J connectivity index is 1.46. The molecular formula is C19H17ClN2O5S. The molecule has 2 heterocycles. The monoisotopic (exact) mass is 420 g/mol. The quantitative estimate of drug-likeness (QED) is 0.604. The zero-order valence-corrected chi connectivity index (χ0v) is 16.4. The molecule has 0 amide bonds. The first-order chi connectivity index (χ1) is 13.5. The predicted molar refractivity (Wildman–Crippen MR) is 102 cm³/mol. The topological polar surface area (TPSA) is 91.5 Å². The number of hydrogen-bond donors (Lipinski definition) is 0. The molecule has 0 spiro atoms. The van der Waals surface area contributed by atoms with Crippen LogP contribution in [0, 0.1) is 0 Å². The summed E-state index contributed by atoms with van der Waals surface area (Å²) in [7, 11) is -3.54. The third kappa shape index (κ3) is 4.45. The van der Waals surface area contributed by atoms with Gasteiger partial charge in [0.15, 0.2) is 27.2 Å². The number of aromatic nitrogens is 2. The van der Waals surface area contributed by atoms with Crippen molar-refractivity contribution in [1.29, 1.82) is 0 Å². The fourth-order valence-corrected chi connectivity index (χ4v) is 4.50. The highest BCUT2D eigenvalue weighted by atomic mass is 35.5. The van der Waals surface area contributed by atoms with Crippen LogP contribution in [0.25, 0.3) is 0 Å². The Bertz CT molecular complexity index is 1080. The fourth-order valence-electron chi connectivity index (χ4n) is 2.94. The van der Waals surface area contributed by atoms with Crippen molar-refractivity contribution in [2.75, 3.05) is 13.2 Å². The van der Waals surface area contributed by atoms with Crippen LogP contribution in [0.4, 0.5) is 0 Å². The molecule has 7 nitrogen and oxygen atoms in total. The van der Waals surface area contributed by atoms with E-state index in [4.69, 9.17) is 25.6 Å². The van der Waals surface area contributed by atoms with Gasteiger partial charge in [-0.25, -0.2) is 8.42 Å². The van der Waals surface area contributed by atoms with Crippen LogP contribution in [0.2, 0.25) is 5.02 Å². The van der Waals surface area contributed by atoms with Crippen molar-refractivity contribution in [3.8, 4) is 11.5 Å². The van der Waals surface area contributed by atoms with Gasteiger partial charge in [-0.2, -0.15) is 4.98 Å². The van der Waals surface area contributed by atoms with Gasteiger partial charge in [-0.1, -0.05) is 47.1 Å². The second-order valence-corrected chi connectivity index (χ2v) is 8.87. The number of halogens is 1. The van der Waals surface area contributed by atoms with E-state index in [1.54, 1.807) is 12.1 Å². The van der Waals surface area contributed by atoms with Crippen LogP contribution in [-0.4, -0.2) is 31.8 Å². The molecule has 0 radical (unpaired) electrons. The van der Waals surface area contributed by atoms with Gasteiger partial charge in [0.05, 0.1) is 10.8 Å². The maximum atomic E-state index is 12.6. The summed E-state index contributed by atoms with van der Waals surface area (Å²) in [6.45, 7) is 0.804. The summed E-state index contributed by atoms with van der Waals surface area (Å²) in [5.74, 6) is 0.831. The van der Waals surface area contributed by atoms with Crippen molar-refractivity contribution in [3.63, 3.8) is 0 Å². The first-order valence-corrected chi connectivity index (χ1v) is 10.8. The molecule has 4 rings (SSSR count). The number of rotatable bonds is 6. The van der Waals surface area contributed by atoms with Crippen molar-refractivity contribution in [1.82, 2.24) is 10.1 Å². The normalized spacial score (nSPS) is 13.5. The minimum Gasteiger partial charge on any atom is -0.486 e. The molecule has 0 N–H and O–H groups in total. The van der Waals surface area contributed by atoms with Crippen molar-refractivity contribution in [3.05, 3.63) is 70.3 Å². The Morgan fingerprint density at radius 1 is 1.00 bits per heavy atom. The molecule has 0 saturated carbocycles. The predicted octanol–water partition coefficient (Wildman–Crippen LogP) is 3.20. The first-order valence-electron chi connectivity index (χ1n) is 8.62. The Morgan fingerprint density at radius 3 is 2.61 bits per heavy atom. The number of hydrogen-bond acceptors (Lipinski definition) is 7. The smallest absolute Gasteiger partial charge is 0.241 e. The number of fused-ring (bicyclic) bond motifs is 1. The number of ether oxygens (including phenoxy) is 2. The summed E-state index contributed by atoms with van der Waals surface area (Å²) in [4.78, 5) is 4.19. The second kappa shape index (κ2) is 7.81. The van der Waals surface area contributed by atoms with Gasteiger partial charge in [0, 0.05) is 6.42 Å². The van der Waals surface area contributed by atoms with Crippen LogP contribution in [0.5, 0.6) is 11.5 Å². The third-order valence-electron chi connectivity index (χ3n) is 4.10. The van der Waals surface area contributed by atoms with Crippen molar-refractivity contribution >= 4 is 21.4 Å². The number of benzene rings is 2. The lowest BCUT2D eigenvalue weighted by molar-refractivity contribution is 0.171. The number of nitrogens with zero attached hydrogens (tertiary/aromatic N) is 2. The summed E-state index contributed by atoms with van der Waals surface area (Å²) < 4.78 is 41.2. The van der Waals surface area contributed by atoms with E-state index >= 15 is 0 Å². The highest BCUT2D eigenvalue weighted by molar-refractivity contribution is 7.89. The van der Waals surface area contributed by atoms with E-state index in [1.807, 2.05) is 30.3 Å². The molecule has 0 bridgehead atoms. The minimum absolute atomic E-state index is 0.0644. The van der Waals surface area contributed by atoms with Gasteiger partial charge in [-0.3, -0.25) is 0 Å². The van der Waals surface area contributed by atoms with Crippen LogP contribution in [0.3, 0.4) is 0 Å². The van der Waals surface area contributed by atoms with Crippen LogP contribution in [-0.2, 0) is 27.8 Å². The van der Waals surface area contributed by atoms with Crippen LogP contribution < -0.4 is 9.47 Å². The lowest BCUT2D eigenvalue weighted by atomic mass is 10.1. The van der Waals surface area contributed by atoms with E-state index in [1.165, 1.54) is 0 Å². The van der Waals surface area contributed by atoms with E-state index in [0.717, 1.165) is 5.56 Å². The minimum atomic E-state index is -3.54. The molecule has 146 valence electrons.